The van der Waals surface area contributed by atoms with Crippen LogP contribution in [0.4, 0.5) is 0 Å². The molecule has 4 heteroatoms. The molecule has 3 N–H and O–H groups in total. The number of hydrogen-bond acceptors (Lipinski definition) is 2. The van der Waals surface area contributed by atoms with Crippen LogP contribution in [0, 0.1) is 5.92 Å². The van der Waals surface area contributed by atoms with Crippen LogP contribution in [0.15, 0.2) is 0 Å². The SMILES string of the molecule is CC(C)CCC(=O)NC1(C(N)=S)CCCCCCC1. The molecule has 0 aromatic carbocycles. The Morgan fingerprint density at radius 2 is 1.74 bits per heavy atom. The van der Waals surface area contributed by atoms with E-state index >= 15 is 0 Å². The topological polar surface area (TPSA) is 55.1 Å². The largest absolute Gasteiger partial charge is 0.391 e. The van der Waals surface area contributed by atoms with Crippen LogP contribution in [0.5, 0.6) is 0 Å². The van der Waals surface area contributed by atoms with Crippen LogP contribution in [-0.2, 0) is 4.79 Å². The molecule has 0 heterocycles. The van der Waals surface area contributed by atoms with Crippen molar-refractivity contribution in [3.8, 4) is 0 Å². The molecule has 1 saturated carbocycles. The lowest BCUT2D eigenvalue weighted by atomic mass is 9.83. The zero-order chi connectivity index (χ0) is 14.3. The summed E-state index contributed by atoms with van der Waals surface area (Å²) in [7, 11) is 0. The fourth-order valence-corrected chi connectivity index (χ4v) is 2.95. The maximum atomic E-state index is 12.1. The molecule has 1 rings (SSSR count). The van der Waals surface area contributed by atoms with E-state index in [4.69, 9.17) is 18.0 Å². The minimum Gasteiger partial charge on any atom is -0.391 e. The van der Waals surface area contributed by atoms with Gasteiger partial charge in [-0.05, 0) is 25.2 Å². The summed E-state index contributed by atoms with van der Waals surface area (Å²) in [6, 6.07) is 0. The summed E-state index contributed by atoms with van der Waals surface area (Å²) in [5.74, 6) is 0.644. The van der Waals surface area contributed by atoms with E-state index in [1.165, 1.54) is 19.3 Å². The Balaban J connectivity index is 2.63. The van der Waals surface area contributed by atoms with Gasteiger partial charge in [-0.3, -0.25) is 4.79 Å². The number of hydrogen-bond donors (Lipinski definition) is 2. The van der Waals surface area contributed by atoms with E-state index in [9.17, 15) is 4.79 Å². The first-order chi connectivity index (χ1) is 8.96. The van der Waals surface area contributed by atoms with Crippen molar-refractivity contribution >= 4 is 23.1 Å². The number of rotatable bonds is 5. The molecule has 0 radical (unpaired) electrons. The minimum atomic E-state index is -0.427. The van der Waals surface area contributed by atoms with E-state index in [0.717, 1.165) is 32.1 Å². The Kier molecular flexibility index (Phi) is 6.76. The van der Waals surface area contributed by atoms with Gasteiger partial charge in [0.2, 0.25) is 5.91 Å². The molecular formula is C15H28N2OS. The predicted octanol–water partition coefficient (Wildman–Crippen LogP) is 3.31. The molecule has 3 nitrogen and oxygen atoms in total. The summed E-state index contributed by atoms with van der Waals surface area (Å²) in [4.78, 5) is 12.6. The van der Waals surface area contributed by atoms with E-state index in [-0.39, 0.29) is 5.91 Å². The first-order valence-corrected chi connectivity index (χ1v) is 7.98. The van der Waals surface area contributed by atoms with Crippen LogP contribution < -0.4 is 11.1 Å². The Morgan fingerprint density at radius 3 is 2.21 bits per heavy atom. The lowest BCUT2D eigenvalue weighted by Crippen LogP contribution is -2.57. The lowest BCUT2D eigenvalue weighted by Gasteiger charge is -2.35. The summed E-state index contributed by atoms with van der Waals surface area (Å²) in [5, 5.41) is 3.15. The molecule has 19 heavy (non-hydrogen) atoms. The van der Waals surface area contributed by atoms with Gasteiger partial charge in [-0.1, -0.05) is 58.2 Å². The summed E-state index contributed by atoms with van der Waals surface area (Å²) in [5.41, 5.74) is 5.52. The second-order valence-electron chi connectivity index (χ2n) is 6.19. The van der Waals surface area contributed by atoms with Crippen LogP contribution >= 0.6 is 12.2 Å². The fourth-order valence-electron chi connectivity index (χ4n) is 2.69. The minimum absolute atomic E-state index is 0.0991. The van der Waals surface area contributed by atoms with Gasteiger partial charge in [0.15, 0.2) is 0 Å². The zero-order valence-corrected chi connectivity index (χ0v) is 13.2. The highest BCUT2D eigenvalue weighted by Gasteiger charge is 2.34. The average Bonchev–Trinajstić information content (AvgIpc) is 2.30. The van der Waals surface area contributed by atoms with Gasteiger partial charge in [0.25, 0.3) is 0 Å². The highest BCUT2D eigenvalue weighted by atomic mass is 32.1. The molecule has 0 bridgehead atoms. The third-order valence-electron chi connectivity index (χ3n) is 4.01. The molecule has 1 aliphatic rings. The molecule has 0 aromatic rings. The summed E-state index contributed by atoms with van der Waals surface area (Å²) in [6.45, 7) is 4.26. The maximum Gasteiger partial charge on any atom is 0.220 e. The van der Waals surface area contributed by atoms with Crippen molar-refractivity contribution in [1.29, 1.82) is 0 Å². The van der Waals surface area contributed by atoms with E-state index in [2.05, 4.69) is 19.2 Å². The summed E-state index contributed by atoms with van der Waals surface area (Å²) >= 11 is 5.25. The maximum absolute atomic E-state index is 12.1. The molecular weight excluding hydrogens is 256 g/mol. The monoisotopic (exact) mass is 284 g/mol. The molecule has 1 aliphatic carbocycles. The van der Waals surface area contributed by atoms with E-state index in [1.54, 1.807) is 0 Å². The number of thiocarbonyl (C=S) groups is 1. The Bertz CT molecular complexity index is 307. The molecule has 0 aromatic heterocycles. The van der Waals surface area contributed by atoms with E-state index < -0.39 is 5.54 Å². The van der Waals surface area contributed by atoms with E-state index in [0.29, 0.717) is 17.3 Å². The van der Waals surface area contributed by atoms with Gasteiger partial charge in [-0.25, -0.2) is 0 Å². The standard InChI is InChI=1S/C15H28N2OS/c1-12(2)8-9-13(18)17-15(14(16)19)10-6-4-3-5-7-11-15/h12H,3-11H2,1-2H3,(H2,16,19)(H,17,18). The number of amides is 1. The van der Waals surface area contributed by atoms with Gasteiger partial charge in [0.05, 0.1) is 10.5 Å². The first kappa shape index (κ1) is 16.4. The highest BCUT2D eigenvalue weighted by Crippen LogP contribution is 2.27. The first-order valence-electron chi connectivity index (χ1n) is 7.57. The van der Waals surface area contributed by atoms with Gasteiger partial charge in [-0.2, -0.15) is 0 Å². The highest BCUT2D eigenvalue weighted by molar-refractivity contribution is 7.80. The Morgan fingerprint density at radius 1 is 1.21 bits per heavy atom. The van der Waals surface area contributed by atoms with Crippen molar-refractivity contribution in [2.24, 2.45) is 11.7 Å². The Hall–Kier alpha value is -0.640. The Labute approximate surface area is 122 Å². The van der Waals surface area contributed by atoms with Gasteiger partial charge in [0, 0.05) is 6.42 Å². The van der Waals surface area contributed by atoms with Gasteiger partial charge in [0.1, 0.15) is 0 Å². The van der Waals surface area contributed by atoms with Crippen LogP contribution in [0.2, 0.25) is 0 Å². The van der Waals surface area contributed by atoms with Crippen LogP contribution in [0.1, 0.15) is 71.6 Å². The lowest BCUT2D eigenvalue weighted by molar-refractivity contribution is -0.122. The second-order valence-corrected chi connectivity index (χ2v) is 6.63. The smallest absolute Gasteiger partial charge is 0.220 e. The summed E-state index contributed by atoms with van der Waals surface area (Å²) < 4.78 is 0. The number of nitrogens with two attached hydrogens (primary N) is 1. The second kappa shape index (κ2) is 7.83. The molecule has 0 atom stereocenters. The molecule has 0 unspecified atom stereocenters. The third kappa shape index (κ3) is 5.47. The van der Waals surface area contributed by atoms with Crippen molar-refractivity contribution < 1.29 is 4.79 Å². The molecule has 0 aliphatic heterocycles. The van der Waals surface area contributed by atoms with Crippen molar-refractivity contribution in [3.05, 3.63) is 0 Å². The number of carbonyl (C=O) groups is 1. The normalized spacial score (nSPS) is 19.5. The fraction of sp³-hybridized carbons (Fsp3) is 0.867. The molecule has 1 amide bonds. The predicted molar refractivity (Wildman–Crippen MR) is 84.1 cm³/mol. The quantitative estimate of drug-likeness (QED) is 0.762. The van der Waals surface area contributed by atoms with Gasteiger partial charge >= 0.3 is 0 Å². The van der Waals surface area contributed by atoms with Crippen molar-refractivity contribution in [1.82, 2.24) is 5.32 Å². The van der Waals surface area contributed by atoms with Crippen molar-refractivity contribution in [3.63, 3.8) is 0 Å². The van der Waals surface area contributed by atoms with Gasteiger partial charge < -0.3 is 11.1 Å². The number of nitrogens with one attached hydrogen (secondary N) is 1. The van der Waals surface area contributed by atoms with Crippen LogP contribution in [0.25, 0.3) is 0 Å². The zero-order valence-electron chi connectivity index (χ0n) is 12.3. The summed E-state index contributed by atoms with van der Waals surface area (Å²) in [6.07, 6.45) is 9.20. The third-order valence-corrected chi connectivity index (χ3v) is 4.40. The van der Waals surface area contributed by atoms with Crippen molar-refractivity contribution in [2.75, 3.05) is 0 Å². The average molecular weight is 284 g/mol. The van der Waals surface area contributed by atoms with E-state index in [1.807, 2.05) is 0 Å². The van der Waals surface area contributed by atoms with Crippen LogP contribution in [0.3, 0.4) is 0 Å². The van der Waals surface area contributed by atoms with Crippen molar-refractivity contribution in [2.45, 2.75) is 77.2 Å². The molecule has 110 valence electrons. The molecule has 0 spiro atoms. The van der Waals surface area contributed by atoms with Gasteiger partial charge in [-0.15, -0.1) is 0 Å². The molecule has 1 fully saturated rings. The number of carbonyl (C=O) groups excluding carboxylic acids is 1. The molecule has 0 saturated heterocycles. The van der Waals surface area contributed by atoms with Crippen LogP contribution in [-0.4, -0.2) is 16.4 Å².